The second kappa shape index (κ2) is 16.9. The fourth-order valence-corrected chi connectivity index (χ4v) is 10.9. The van der Waals surface area contributed by atoms with Crippen molar-refractivity contribution < 1.29 is 9.53 Å². The van der Waals surface area contributed by atoms with Crippen LogP contribution in [0.3, 0.4) is 0 Å². The SMILES string of the molecule is CCCC(CCC)N1CCc2cccc(OCCCSN3CC4(C3)CN(c3ccc(-c5n[nH]c6ccc(C[C@H](C)c7c(Cl)cncc7Cl)cc56)cn3)C4)c2C1=O. The van der Waals surface area contributed by atoms with Crippen molar-refractivity contribution in [3.63, 3.8) is 0 Å². The number of hydrogen-bond acceptors (Lipinski definition) is 8. The Labute approximate surface area is 344 Å². The molecule has 1 amide bonds. The number of hydrogen-bond donors (Lipinski definition) is 1. The van der Waals surface area contributed by atoms with Crippen LogP contribution in [0.2, 0.25) is 10.0 Å². The molecular weight excluding hydrogens is 762 g/mol. The number of aromatic amines is 1. The van der Waals surface area contributed by atoms with E-state index in [2.05, 4.69) is 86.5 Å². The van der Waals surface area contributed by atoms with Crippen molar-refractivity contribution in [2.75, 3.05) is 50.0 Å². The largest absolute Gasteiger partial charge is 0.493 e. The van der Waals surface area contributed by atoms with Gasteiger partial charge >= 0.3 is 0 Å². The normalized spacial score (nSPS) is 17.0. The minimum Gasteiger partial charge on any atom is -0.493 e. The molecule has 3 aliphatic rings. The molecule has 56 heavy (non-hydrogen) atoms. The van der Waals surface area contributed by atoms with E-state index in [9.17, 15) is 4.79 Å². The van der Waals surface area contributed by atoms with Crippen LogP contribution in [0, 0.1) is 5.41 Å². The maximum atomic E-state index is 13.7. The standard InChI is InChI=1S/C44H51Cl2N7O2S/c1-4-8-33(9-5-2)53-17-16-31-10-6-11-38(41(31)43(53)54)55-18-7-19-56-52-27-44(28-52)25-51(26-44)39-15-13-32(22-48-39)42-34-21-30(12-14-37(34)49-50-42)20-29(3)40-35(45)23-47-24-36(40)46/h6,10-15,21-24,29,33H,4-5,7-9,16-20,25-28H2,1-3H3,(H,49,50)/t29-/m0/s1. The van der Waals surface area contributed by atoms with Crippen LogP contribution in [0.25, 0.3) is 22.2 Å². The van der Waals surface area contributed by atoms with E-state index in [1.54, 1.807) is 12.4 Å². The van der Waals surface area contributed by atoms with E-state index in [0.717, 1.165) is 134 Å². The number of aromatic nitrogens is 4. The Hall–Kier alpha value is -3.83. The van der Waals surface area contributed by atoms with E-state index in [-0.39, 0.29) is 11.8 Å². The third kappa shape index (κ3) is 8.00. The summed E-state index contributed by atoms with van der Waals surface area (Å²) in [6, 6.07) is 17.1. The molecule has 5 aromatic rings. The number of halogens is 2. The Balaban J connectivity index is 0.791. The minimum atomic E-state index is 0.132. The summed E-state index contributed by atoms with van der Waals surface area (Å²) in [5, 5.41) is 10.1. The van der Waals surface area contributed by atoms with E-state index in [1.807, 2.05) is 30.3 Å². The lowest BCUT2D eigenvalue weighted by molar-refractivity contribution is 0.0471. The molecular formula is C44H51Cl2N7O2S. The van der Waals surface area contributed by atoms with Crippen molar-refractivity contribution in [1.29, 1.82) is 0 Å². The molecule has 0 saturated carbocycles. The van der Waals surface area contributed by atoms with Crippen molar-refractivity contribution in [2.24, 2.45) is 5.41 Å². The molecule has 1 N–H and O–H groups in total. The molecule has 6 heterocycles. The molecule has 3 aliphatic heterocycles. The van der Waals surface area contributed by atoms with Crippen LogP contribution in [-0.2, 0) is 12.8 Å². The van der Waals surface area contributed by atoms with E-state index in [4.69, 9.17) is 32.9 Å². The highest BCUT2D eigenvalue weighted by molar-refractivity contribution is 7.97. The number of carbonyl (C=O) groups excluding carboxylic acids is 1. The van der Waals surface area contributed by atoms with Crippen LogP contribution in [0.15, 0.2) is 67.1 Å². The number of nitrogens with zero attached hydrogens (tertiary/aromatic N) is 6. The highest BCUT2D eigenvalue weighted by Gasteiger charge is 2.52. The number of nitrogens with one attached hydrogen (secondary N) is 1. The average Bonchev–Trinajstić information content (AvgIpc) is 3.58. The third-order valence-electron chi connectivity index (χ3n) is 11.7. The highest BCUT2D eigenvalue weighted by atomic mass is 35.5. The second-order valence-corrected chi connectivity index (χ2v) is 17.9. The van der Waals surface area contributed by atoms with Crippen molar-refractivity contribution in [1.82, 2.24) is 29.4 Å². The summed E-state index contributed by atoms with van der Waals surface area (Å²) in [6.45, 7) is 12.2. The van der Waals surface area contributed by atoms with Crippen LogP contribution >= 0.6 is 35.1 Å². The van der Waals surface area contributed by atoms with Gasteiger partial charge in [0, 0.05) is 79.5 Å². The molecule has 2 saturated heterocycles. The van der Waals surface area contributed by atoms with Gasteiger partial charge in [-0.3, -0.25) is 14.9 Å². The molecule has 9 nitrogen and oxygen atoms in total. The minimum absolute atomic E-state index is 0.132. The predicted octanol–water partition coefficient (Wildman–Crippen LogP) is 9.88. The molecule has 12 heteroatoms. The summed E-state index contributed by atoms with van der Waals surface area (Å²) in [4.78, 5) is 27.1. The topological polar surface area (TPSA) is 90.5 Å². The number of fused-ring (bicyclic) bond motifs is 2. The van der Waals surface area contributed by atoms with Crippen molar-refractivity contribution >= 4 is 57.8 Å². The van der Waals surface area contributed by atoms with E-state index < -0.39 is 0 Å². The molecule has 0 unspecified atom stereocenters. The number of amides is 1. The zero-order chi connectivity index (χ0) is 38.8. The van der Waals surface area contributed by atoms with Crippen LogP contribution < -0.4 is 9.64 Å². The van der Waals surface area contributed by atoms with Gasteiger partial charge in [0.25, 0.3) is 5.91 Å². The number of H-pyrrole nitrogens is 1. The number of pyridine rings is 2. The zero-order valence-electron chi connectivity index (χ0n) is 32.6. The summed E-state index contributed by atoms with van der Waals surface area (Å²) in [7, 11) is 0. The molecule has 2 aromatic carbocycles. The summed E-state index contributed by atoms with van der Waals surface area (Å²) < 4.78 is 8.76. The number of benzene rings is 2. The van der Waals surface area contributed by atoms with Gasteiger partial charge in [-0.15, -0.1) is 0 Å². The second-order valence-electron chi connectivity index (χ2n) is 15.9. The van der Waals surface area contributed by atoms with E-state index in [1.165, 1.54) is 5.56 Å². The van der Waals surface area contributed by atoms with Gasteiger partial charge in [0.05, 0.1) is 27.7 Å². The van der Waals surface area contributed by atoms with Crippen molar-refractivity contribution in [3.05, 3.63) is 99.4 Å². The first-order valence-electron chi connectivity index (χ1n) is 20.2. The van der Waals surface area contributed by atoms with Gasteiger partial charge < -0.3 is 14.5 Å². The Kier molecular flexibility index (Phi) is 11.8. The first kappa shape index (κ1) is 39.0. The van der Waals surface area contributed by atoms with Crippen LogP contribution in [-0.4, -0.2) is 86.4 Å². The first-order chi connectivity index (χ1) is 27.3. The lowest BCUT2D eigenvalue weighted by atomic mass is 9.74. The van der Waals surface area contributed by atoms with Gasteiger partial charge in [0.15, 0.2) is 0 Å². The Bertz CT molecular complexity index is 2140. The molecule has 0 bridgehead atoms. The molecule has 8 rings (SSSR count). The zero-order valence-corrected chi connectivity index (χ0v) is 34.9. The lowest BCUT2D eigenvalue weighted by Crippen LogP contribution is -2.70. The molecule has 0 radical (unpaired) electrons. The average molecular weight is 813 g/mol. The quantitative estimate of drug-likeness (QED) is 0.0779. The summed E-state index contributed by atoms with van der Waals surface area (Å²) in [5.41, 5.74) is 7.25. The fraction of sp³-hybridized carbons (Fsp3) is 0.455. The van der Waals surface area contributed by atoms with Gasteiger partial charge in [-0.25, -0.2) is 9.29 Å². The lowest BCUT2D eigenvalue weighted by Gasteiger charge is -2.60. The maximum Gasteiger partial charge on any atom is 0.258 e. The maximum absolute atomic E-state index is 13.7. The Morgan fingerprint density at radius 1 is 0.982 bits per heavy atom. The summed E-state index contributed by atoms with van der Waals surface area (Å²) in [5.74, 6) is 3.05. The Morgan fingerprint density at radius 3 is 2.50 bits per heavy atom. The van der Waals surface area contributed by atoms with Gasteiger partial charge in [-0.05, 0) is 85.0 Å². The number of rotatable bonds is 16. The molecule has 1 spiro atoms. The van der Waals surface area contributed by atoms with Gasteiger partial charge in [0.2, 0.25) is 0 Å². The molecule has 3 aromatic heterocycles. The summed E-state index contributed by atoms with van der Waals surface area (Å²) in [6.07, 6.45) is 12.2. The number of carbonyl (C=O) groups is 1. The van der Waals surface area contributed by atoms with Gasteiger partial charge in [-0.2, -0.15) is 5.10 Å². The summed E-state index contributed by atoms with van der Waals surface area (Å²) >= 11 is 14.8. The van der Waals surface area contributed by atoms with E-state index >= 15 is 0 Å². The highest BCUT2D eigenvalue weighted by Crippen LogP contribution is 2.44. The molecule has 0 aliphatic carbocycles. The van der Waals surface area contributed by atoms with Gasteiger partial charge in [0.1, 0.15) is 17.3 Å². The fourth-order valence-electron chi connectivity index (χ4n) is 8.93. The van der Waals surface area contributed by atoms with Crippen LogP contribution in [0.1, 0.15) is 85.8 Å². The smallest absolute Gasteiger partial charge is 0.258 e. The van der Waals surface area contributed by atoms with Crippen LogP contribution in [0.4, 0.5) is 5.82 Å². The van der Waals surface area contributed by atoms with Crippen molar-refractivity contribution in [2.45, 2.75) is 77.7 Å². The van der Waals surface area contributed by atoms with E-state index in [0.29, 0.717) is 28.1 Å². The number of anilines is 1. The van der Waals surface area contributed by atoms with Crippen molar-refractivity contribution in [3.8, 4) is 17.0 Å². The first-order valence-corrected chi connectivity index (χ1v) is 21.9. The predicted molar refractivity (Wildman–Crippen MR) is 229 cm³/mol. The Morgan fingerprint density at radius 2 is 1.77 bits per heavy atom. The molecule has 1 atom stereocenters. The van der Waals surface area contributed by atoms with Crippen LogP contribution in [0.5, 0.6) is 5.75 Å². The molecule has 2 fully saturated rings. The van der Waals surface area contributed by atoms with Gasteiger partial charge in [-0.1, -0.05) is 87.0 Å². The monoisotopic (exact) mass is 811 g/mol. The third-order valence-corrected chi connectivity index (χ3v) is 13.4. The molecule has 294 valence electrons. The number of ether oxygens (including phenoxy) is 1.